The molecule has 0 spiro atoms. The molecule has 5 nitrogen and oxygen atoms in total. The minimum Gasteiger partial charge on any atom is -0.393 e. The van der Waals surface area contributed by atoms with Crippen molar-refractivity contribution in [2.24, 2.45) is 11.8 Å². The first-order valence-electron chi connectivity index (χ1n) is 13.0. The molecule has 7 heteroatoms. The number of nitrogens with one attached hydrogen (secondary N) is 1. The summed E-state index contributed by atoms with van der Waals surface area (Å²) in [6.07, 6.45) is 7.96. The van der Waals surface area contributed by atoms with E-state index < -0.39 is 11.0 Å². The maximum Gasteiger partial charge on any atom is 0.258 e. The molecule has 0 radical (unpaired) electrons. The molecule has 35 heavy (non-hydrogen) atoms. The smallest absolute Gasteiger partial charge is 0.258 e. The number of allylic oxidation sites excluding steroid dienone is 1. The van der Waals surface area contributed by atoms with Gasteiger partial charge in [-0.25, -0.2) is 4.21 Å². The molecule has 1 aliphatic heterocycles. The summed E-state index contributed by atoms with van der Waals surface area (Å²) in [4.78, 5) is 14.9. The quantitative estimate of drug-likeness (QED) is 0.549. The highest BCUT2D eigenvalue weighted by Gasteiger charge is 2.37. The molecule has 1 saturated carbocycles. The number of carbonyl (C=O) groups is 1. The van der Waals surface area contributed by atoms with Gasteiger partial charge in [-0.3, -0.25) is 9.52 Å². The Labute approximate surface area is 218 Å². The second-order valence-electron chi connectivity index (χ2n) is 10.2. The second kappa shape index (κ2) is 13.1. The SMILES string of the molecule is C=C1/C=C(\C)C(=O)NS(=O)CCCCCC(O)C2CCC2CN1CC(C)c1ccc(Cl)cc1CC. The monoisotopic (exact) mass is 520 g/mol. The highest BCUT2D eigenvalue weighted by Crippen LogP contribution is 2.40. The maximum atomic E-state index is 12.6. The molecule has 5 unspecified atom stereocenters. The zero-order valence-corrected chi connectivity index (χ0v) is 23.0. The standard InChI is InChI=1S/C28H41ClN2O3S/c1-5-22-16-24(29)11-13-25(22)20(3)17-31-18-23-10-12-26(23)27(32)9-7-6-8-14-35(34)30-28(33)19(2)15-21(31)4/h11,13,15-16,20,23,26-27,32H,4-10,12,14,17-18H2,1-3H3,(H,30,33)/b19-15+. The van der Waals surface area contributed by atoms with Gasteiger partial charge >= 0.3 is 0 Å². The van der Waals surface area contributed by atoms with Gasteiger partial charge in [-0.2, -0.15) is 0 Å². The van der Waals surface area contributed by atoms with Gasteiger partial charge < -0.3 is 10.0 Å². The summed E-state index contributed by atoms with van der Waals surface area (Å²) < 4.78 is 14.9. The molecule has 1 aromatic rings. The molecular weight excluding hydrogens is 480 g/mol. The summed E-state index contributed by atoms with van der Waals surface area (Å²) in [5.41, 5.74) is 3.79. The summed E-state index contributed by atoms with van der Waals surface area (Å²) in [6, 6.07) is 6.11. The Morgan fingerprint density at radius 2 is 2.03 bits per heavy atom. The first-order chi connectivity index (χ1) is 16.7. The lowest BCUT2D eigenvalue weighted by Gasteiger charge is -2.44. The first-order valence-corrected chi connectivity index (χ1v) is 14.7. The summed E-state index contributed by atoms with van der Waals surface area (Å²) in [5.74, 6) is 1.08. The van der Waals surface area contributed by atoms with Crippen molar-refractivity contribution in [1.29, 1.82) is 0 Å². The number of hydrogen-bond acceptors (Lipinski definition) is 4. The molecule has 1 amide bonds. The fourth-order valence-electron chi connectivity index (χ4n) is 5.33. The van der Waals surface area contributed by atoms with E-state index in [0.29, 0.717) is 23.2 Å². The third-order valence-corrected chi connectivity index (χ3v) is 8.93. The zero-order chi connectivity index (χ0) is 25.5. The number of aliphatic hydroxyl groups is 1. The van der Waals surface area contributed by atoms with Gasteiger partial charge in [0.1, 0.15) is 11.0 Å². The van der Waals surface area contributed by atoms with Crippen molar-refractivity contribution < 1.29 is 14.1 Å². The zero-order valence-electron chi connectivity index (χ0n) is 21.4. The fraction of sp³-hybridized carbons (Fsp3) is 0.607. The first kappa shape index (κ1) is 27.9. The number of nitrogens with zero attached hydrogens (tertiary/aromatic N) is 1. The number of carbonyl (C=O) groups excluding carboxylic acids is 1. The highest BCUT2D eigenvalue weighted by molar-refractivity contribution is 7.83. The number of aryl methyl sites for hydroxylation is 1. The Kier molecular flexibility index (Phi) is 10.4. The van der Waals surface area contributed by atoms with Crippen LogP contribution in [0.15, 0.2) is 42.1 Å². The molecule has 1 aliphatic carbocycles. The Hall–Kier alpha value is -1.63. The minimum absolute atomic E-state index is 0.239. The Balaban J connectivity index is 1.85. The number of halogens is 1. The van der Waals surface area contributed by atoms with Crippen molar-refractivity contribution in [2.75, 3.05) is 18.8 Å². The number of fused-ring (bicyclic) bond motifs is 1. The average molecular weight is 521 g/mol. The van der Waals surface area contributed by atoms with Crippen LogP contribution in [-0.2, 0) is 22.2 Å². The van der Waals surface area contributed by atoms with Crippen LogP contribution in [0.4, 0.5) is 0 Å². The molecule has 1 aromatic carbocycles. The molecule has 2 N–H and O–H groups in total. The Morgan fingerprint density at radius 1 is 1.26 bits per heavy atom. The third-order valence-electron chi connectivity index (χ3n) is 7.62. The molecule has 0 saturated heterocycles. The van der Waals surface area contributed by atoms with E-state index in [1.807, 2.05) is 12.1 Å². The molecule has 194 valence electrons. The van der Waals surface area contributed by atoms with Crippen molar-refractivity contribution >= 4 is 28.5 Å². The molecule has 1 fully saturated rings. The van der Waals surface area contributed by atoms with Crippen LogP contribution in [0.25, 0.3) is 0 Å². The second-order valence-corrected chi connectivity index (χ2v) is 12.0. The fourth-order valence-corrected chi connectivity index (χ4v) is 6.46. The summed E-state index contributed by atoms with van der Waals surface area (Å²) in [7, 11) is -1.40. The lowest BCUT2D eigenvalue weighted by Crippen LogP contribution is -2.43. The van der Waals surface area contributed by atoms with E-state index in [2.05, 4.69) is 36.1 Å². The van der Waals surface area contributed by atoms with E-state index >= 15 is 0 Å². The molecule has 0 bridgehead atoms. The van der Waals surface area contributed by atoms with Gasteiger partial charge in [-0.05, 0) is 86.1 Å². The van der Waals surface area contributed by atoms with Crippen LogP contribution < -0.4 is 4.72 Å². The van der Waals surface area contributed by atoms with Crippen molar-refractivity contribution in [3.8, 4) is 0 Å². The van der Waals surface area contributed by atoms with Crippen LogP contribution in [0.5, 0.6) is 0 Å². The number of hydrogen-bond donors (Lipinski definition) is 2. The van der Waals surface area contributed by atoms with Crippen LogP contribution in [0.1, 0.15) is 76.3 Å². The Bertz CT molecular complexity index is 964. The summed E-state index contributed by atoms with van der Waals surface area (Å²) >= 11 is 6.25. The van der Waals surface area contributed by atoms with Gasteiger partial charge in [0.05, 0.1) is 6.10 Å². The van der Waals surface area contributed by atoms with E-state index in [0.717, 1.165) is 68.8 Å². The highest BCUT2D eigenvalue weighted by atomic mass is 35.5. The lowest BCUT2D eigenvalue weighted by molar-refractivity contribution is -0.115. The van der Waals surface area contributed by atoms with E-state index in [1.165, 1.54) is 11.1 Å². The normalized spacial score (nSPS) is 29.4. The third kappa shape index (κ3) is 7.68. The summed E-state index contributed by atoms with van der Waals surface area (Å²) in [6.45, 7) is 12.0. The van der Waals surface area contributed by atoms with Gasteiger partial charge in [0, 0.05) is 35.1 Å². The van der Waals surface area contributed by atoms with Gasteiger partial charge in [0.15, 0.2) is 0 Å². The molecule has 0 aromatic heterocycles. The van der Waals surface area contributed by atoms with Crippen LogP contribution in [0.2, 0.25) is 5.02 Å². The van der Waals surface area contributed by atoms with E-state index in [1.54, 1.807) is 13.0 Å². The number of aliphatic hydroxyl groups excluding tert-OH is 1. The van der Waals surface area contributed by atoms with E-state index in [-0.39, 0.29) is 17.9 Å². The van der Waals surface area contributed by atoms with Crippen LogP contribution in [-0.4, -0.2) is 45.1 Å². The maximum absolute atomic E-state index is 12.6. The van der Waals surface area contributed by atoms with E-state index in [4.69, 9.17) is 11.6 Å². The molecular formula is C28H41ClN2O3S. The van der Waals surface area contributed by atoms with E-state index in [9.17, 15) is 14.1 Å². The molecule has 3 rings (SSSR count). The van der Waals surface area contributed by atoms with Crippen LogP contribution >= 0.6 is 11.6 Å². The Morgan fingerprint density at radius 3 is 2.71 bits per heavy atom. The van der Waals surface area contributed by atoms with Crippen molar-refractivity contribution in [3.05, 3.63) is 58.3 Å². The van der Waals surface area contributed by atoms with Crippen molar-refractivity contribution in [2.45, 2.75) is 77.7 Å². The number of amides is 1. The van der Waals surface area contributed by atoms with Gasteiger partial charge in [0.2, 0.25) is 0 Å². The largest absolute Gasteiger partial charge is 0.393 e. The number of rotatable bonds is 4. The van der Waals surface area contributed by atoms with Gasteiger partial charge in [-0.15, -0.1) is 0 Å². The average Bonchev–Trinajstić information content (AvgIpc) is 2.79. The predicted molar refractivity (Wildman–Crippen MR) is 146 cm³/mol. The molecule has 1 heterocycles. The van der Waals surface area contributed by atoms with Gasteiger partial charge in [-0.1, -0.05) is 50.9 Å². The molecule has 2 aliphatic rings. The summed E-state index contributed by atoms with van der Waals surface area (Å²) in [5, 5.41) is 11.6. The van der Waals surface area contributed by atoms with Gasteiger partial charge in [0.25, 0.3) is 5.91 Å². The van der Waals surface area contributed by atoms with Crippen molar-refractivity contribution in [1.82, 2.24) is 9.62 Å². The predicted octanol–water partition coefficient (Wildman–Crippen LogP) is 5.51. The number of benzene rings is 1. The van der Waals surface area contributed by atoms with Crippen LogP contribution in [0, 0.1) is 11.8 Å². The van der Waals surface area contributed by atoms with Crippen molar-refractivity contribution in [3.63, 3.8) is 0 Å². The lowest BCUT2D eigenvalue weighted by atomic mass is 9.69. The molecule has 5 atom stereocenters. The van der Waals surface area contributed by atoms with Crippen LogP contribution in [0.3, 0.4) is 0 Å². The topological polar surface area (TPSA) is 69.6 Å². The minimum atomic E-state index is -1.40.